The molecule has 4 aromatic carbocycles. The summed E-state index contributed by atoms with van der Waals surface area (Å²) in [4.78, 5) is 0. The minimum atomic E-state index is 0. The topological polar surface area (TPSA) is 0 Å². The van der Waals surface area contributed by atoms with Gasteiger partial charge < -0.3 is 0 Å². The van der Waals surface area contributed by atoms with Gasteiger partial charge in [-0.25, -0.2) is 24.3 Å². The van der Waals surface area contributed by atoms with Gasteiger partial charge in [-0.1, -0.05) is 60.7 Å². The Morgan fingerprint density at radius 1 is 0.583 bits per heavy atom. The first-order valence-corrected chi connectivity index (χ1v) is 7.93. The van der Waals surface area contributed by atoms with Crippen molar-refractivity contribution in [2.75, 3.05) is 0 Å². The summed E-state index contributed by atoms with van der Waals surface area (Å²) >= 11 is 0. The van der Waals surface area contributed by atoms with Crippen LogP contribution in [0.25, 0.3) is 0 Å². The maximum absolute atomic E-state index is 2.20. The van der Waals surface area contributed by atoms with Gasteiger partial charge in [0, 0.05) is 16.8 Å². The average Bonchev–Trinajstić information content (AvgIpc) is 3.34. The summed E-state index contributed by atoms with van der Waals surface area (Å²) < 4.78 is 0. The molecular formula is C23H20Co-2. The molecule has 0 unspecified atom stereocenters. The Morgan fingerprint density at radius 2 is 1.04 bits per heavy atom. The van der Waals surface area contributed by atoms with Crippen LogP contribution in [-0.2, 0) is 16.8 Å². The first-order valence-electron chi connectivity index (χ1n) is 7.93. The second-order valence-electron chi connectivity index (χ2n) is 5.43. The van der Waals surface area contributed by atoms with Crippen molar-refractivity contribution in [1.82, 2.24) is 0 Å². The summed E-state index contributed by atoms with van der Waals surface area (Å²) in [6, 6.07) is 40.0. The van der Waals surface area contributed by atoms with Gasteiger partial charge in [-0.3, -0.25) is 0 Å². The summed E-state index contributed by atoms with van der Waals surface area (Å²) in [6.07, 6.45) is 0. The molecule has 4 aromatic rings. The van der Waals surface area contributed by atoms with E-state index in [0.717, 1.165) is 0 Å². The third kappa shape index (κ3) is 4.82. The van der Waals surface area contributed by atoms with Gasteiger partial charge in [0.25, 0.3) is 0 Å². The Balaban J connectivity index is 0.000000300. The Hall–Kier alpha value is -2.35. The molecule has 0 aromatic heterocycles. The Kier molecular flexibility index (Phi) is 7.28. The van der Waals surface area contributed by atoms with Gasteiger partial charge in [-0.15, -0.1) is 5.56 Å². The normalized spacial score (nSPS) is 9.71. The van der Waals surface area contributed by atoms with Crippen LogP contribution in [-0.4, -0.2) is 0 Å². The maximum Gasteiger partial charge on any atom is 0 e. The van der Waals surface area contributed by atoms with E-state index < -0.39 is 0 Å². The van der Waals surface area contributed by atoms with Crippen LogP contribution < -0.4 is 0 Å². The molecule has 0 saturated carbocycles. The maximum atomic E-state index is 2.20. The SMILES string of the molecule is [Co].c1cc[cH-]c1.c1ccc(C(c2ccccc2)[c-]2cccc2)cc1. The second kappa shape index (κ2) is 9.71. The molecule has 0 aliphatic carbocycles. The van der Waals surface area contributed by atoms with E-state index in [-0.39, 0.29) is 16.8 Å². The first-order chi connectivity index (χ1) is 11.4. The first kappa shape index (κ1) is 18.0. The second-order valence-corrected chi connectivity index (χ2v) is 5.43. The summed E-state index contributed by atoms with van der Waals surface area (Å²) in [5, 5.41) is 0. The number of hydrogen-bond donors (Lipinski definition) is 0. The average molecular weight is 355 g/mol. The van der Waals surface area contributed by atoms with Gasteiger partial charge in [-0.05, 0) is 17.0 Å². The van der Waals surface area contributed by atoms with Crippen molar-refractivity contribution in [3.05, 3.63) is 132 Å². The van der Waals surface area contributed by atoms with Crippen molar-refractivity contribution >= 4 is 0 Å². The summed E-state index contributed by atoms with van der Waals surface area (Å²) in [7, 11) is 0. The molecule has 1 radical (unpaired) electrons. The van der Waals surface area contributed by atoms with Crippen molar-refractivity contribution in [3.8, 4) is 0 Å². The third-order valence-corrected chi connectivity index (χ3v) is 3.84. The van der Waals surface area contributed by atoms with Crippen LogP contribution in [0.1, 0.15) is 22.6 Å². The Bertz CT molecular complexity index is 697. The van der Waals surface area contributed by atoms with Crippen molar-refractivity contribution in [3.63, 3.8) is 0 Å². The van der Waals surface area contributed by atoms with Gasteiger partial charge >= 0.3 is 0 Å². The van der Waals surface area contributed by atoms with Gasteiger partial charge in [0.2, 0.25) is 0 Å². The van der Waals surface area contributed by atoms with E-state index in [1.165, 1.54) is 16.7 Å². The molecular weight excluding hydrogens is 335 g/mol. The quantitative estimate of drug-likeness (QED) is 0.396. The third-order valence-electron chi connectivity index (χ3n) is 3.84. The Labute approximate surface area is 154 Å². The molecule has 4 rings (SSSR count). The zero-order valence-electron chi connectivity index (χ0n) is 13.4. The van der Waals surface area contributed by atoms with Crippen LogP contribution >= 0.6 is 0 Å². The molecule has 0 fully saturated rings. The molecule has 24 heavy (non-hydrogen) atoms. The molecule has 0 nitrogen and oxygen atoms in total. The monoisotopic (exact) mass is 355 g/mol. The van der Waals surface area contributed by atoms with E-state index in [4.69, 9.17) is 0 Å². The standard InChI is InChI=1S/C18H15.C5H5.Co/c1-3-9-15(10-4-1)18(17-13-7-8-14-17)16-11-5-2-6-12-16;1-2-4-5-3-1;/h1-14,18H;1-5H;/q2*-1;. The molecule has 1 heteroatoms. The van der Waals surface area contributed by atoms with Crippen LogP contribution in [0.2, 0.25) is 0 Å². The van der Waals surface area contributed by atoms with Crippen molar-refractivity contribution < 1.29 is 16.8 Å². The number of hydrogen-bond acceptors (Lipinski definition) is 0. The Morgan fingerprint density at radius 3 is 1.42 bits per heavy atom. The largest absolute Gasteiger partial charge is 0.214 e. The van der Waals surface area contributed by atoms with Crippen LogP contribution in [0.5, 0.6) is 0 Å². The molecule has 0 saturated heterocycles. The minimum absolute atomic E-state index is 0. The molecule has 0 atom stereocenters. The zero-order valence-corrected chi connectivity index (χ0v) is 14.4. The predicted octanol–water partition coefficient (Wildman–Crippen LogP) is 5.99. The fraction of sp³-hybridized carbons (Fsp3) is 0.0435. The predicted molar refractivity (Wildman–Crippen MR) is 97.9 cm³/mol. The summed E-state index contributed by atoms with van der Waals surface area (Å²) in [6.45, 7) is 0. The van der Waals surface area contributed by atoms with Gasteiger partial charge in [-0.2, -0.15) is 30.3 Å². The molecule has 123 valence electrons. The molecule has 0 heterocycles. The molecule has 0 spiro atoms. The zero-order chi connectivity index (χ0) is 15.7. The number of benzene rings is 2. The fourth-order valence-electron chi connectivity index (χ4n) is 2.77. The van der Waals surface area contributed by atoms with E-state index >= 15 is 0 Å². The van der Waals surface area contributed by atoms with Crippen molar-refractivity contribution in [1.29, 1.82) is 0 Å². The molecule has 0 bridgehead atoms. The number of rotatable bonds is 3. The van der Waals surface area contributed by atoms with E-state index in [1.807, 2.05) is 30.3 Å². The van der Waals surface area contributed by atoms with Gasteiger partial charge in [0.15, 0.2) is 0 Å². The fourth-order valence-corrected chi connectivity index (χ4v) is 2.77. The van der Waals surface area contributed by atoms with E-state index in [9.17, 15) is 0 Å². The minimum Gasteiger partial charge on any atom is -0.214 e. The molecule has 0 amide bonds. The van der Waals surface area contributed by atoms with Crippen molar-refractivity contribution in [2.45, 2.75) is 5.92 Å². The van der Waals surface area contributed by atoms with Crippen LogP contribution in [0.15, 0.2) is 115 Å². The molecule has 0 N–H and O–H groups in total. The van der Waals surface area contributed by atoms with Gasteiger partial charge in [0.05, 0.1) is 0 Å². The smallest absolute Gasteiger partial charge is 0 e. The van der Waals surface area contributed by atoms with E-state index in [1.54, 1.807) is 0 Å². The molecule has 0 aliphatic heterocycles. The summed E-state index contributed by atoms with van der Waals surface area (Å²) in [5.74, 6) is 0.336. The molecule has 0 aliphatic rings. The summed E-state index contributed by atoms with van der Waals surface area (Å²) in [5.41, 5.74) is 4.04. The van der Waals surface area contributed by atoms with Crippen LogP contribution in [0, 0.1) is 0 Å². The van der Waals surface area contributed by atoms with Crippen molar-refractivity contribution in [2.24, 2.45) is 0 Å². The van der Waals surface area contributed by atoms with E-state index in [2.05, 4.69) is 84.9 Å². The van der Waals surface area contributed by atoms with Crippen LogP contribution in [0.4, 0.5) is 0 Å². The van der Waals surface area contributed by atoms with E-state index in [0.29, 0.717) is 5.92 Å². The van der Waals surface area contributed by atoms with Gasteiger partial charge in [0.1, 0.15) is 0 Å². The van der Waals surface area contributed by atoms with Crippen LogP contribution in [0.3, 0.4) is 0 Å².